The molecule has 146 valence electrons. The van der Waals surface area contributed by atoms with Gasteiger partial charge in [0, 0.05) is 13.1 Å². The monoisotopic (exact) mass is 411 g/mol. The van der Waals surface area contributed by atoms with Crippen molar-refractivity contribution in [2.75, 3.05) is 24.6 Å². The van der Waals surface area contributed by atoms with Crippen molar-refractivity contribution >= 4 is 50.9 Å². The molecule has 2 aromatic rings. The second kappa shape index (κ2) is 7.98. The molecule has 0 radical (unpaired) electrons. The Bertz CT molecular complexity index is 875. The van der Waals surface area contributed by atoms with Crippen LogP contribution in [0.2, 0.25) is 5.28 Å². The number of piperidine rings is 1. The zero-order valence-electron chi connectivity index (χ0n) is 15.5. The highest BCUT2D eigenvalue weighted by molar-refractivity contribution is 7.20. The average Bonchev–Trinajstić information content (AvgIpc) is 2.95. The standard InChI is InChI=1S/C18H22ClN3O4S/c1-9(2)8-26-17(25)13-10(3)12-14(20-18(19)21-15(12)27-13)22-6-4-11(5-7-22)16(23)24/h9,11H,4-8H2,1-3H3,(H,23,24). The summed E-state index contributed by atoms with van der Waals surface area (Å²) < 4.78 is 5.37. The van der Waals surface area contributed by atoms with Crippen molar-refractivity contribution in [1.82, 2.24) is 9.97 Å². The van der Waals surface area contributed by atoms with Crippen molar-refractivity contribution in [1.29, 1.82) is 0 Å². The number of ether oxygens (including phenoxy) is 1. The minimum absolute atomic E-state index is 0.112. The van der Waals surface area contributed by atoms with Crippen LogP contribution < -0.4 is 4.90 Å². The van der Waals surface area contributed by atoms with Crippen molar-refractivity contribution in [3.05, 3.63) is 15.7 Å². The molecule has 3 rings (SSSR count). The Labute approximate surface area is 166 Å². The normalized spacial score (nSPS) is 15.5. The Morgan fingerprint density at radius 2 is 2.00 bits per heavy atom. The van der Waals surface area contributed by atoms with Crippen LogP contribution in [0.25, 0.3) is 10.2 Å². The second-order valence-corrected chi connectivity index (χ2v) is 8.48. The summed E-state index contributed by atoms with van der Waals surface area (Å²) in [7, 11) is 0. The maximum Gasteiger partial charge on any atom is 0.348 e. The molecule has 1 aliphatic heterocycles. The number of hydrogen-bond acceptors (Lipinski definition) is 7. The van der Waals surface area contributed by atoms with E-state index in [4.69, 9.17) is 16.3 Å². The Hall–Kier alpha value is -1.93. The average molecular weight is 412 g/mol. The molecule has 0 aliphatic carbocycles. The molecule has 1 N–H and O–H groups in total. The number of carboxylic acid groups (broad SMARTS) is 1. The van der Waals surface area contributed by atoms with Crippen LogP contribution in [0.4, 0.5) is 5.82 Å². The third kappa shape index (κ3) is 4.16. The van der Waals surface area contributed by atoms with Crippen LogP contribution in [-0.4, -0.2) is 46.7 Å². The largest absolute Gasteiger partial charge is 0.481 e. The molecular formula is C18H22ClN3O4S. The summed E-state index contributed by atoms with van der Waals surface area (Å²) in [6, 6.07) is 0. The molecule has 0 atom stereocenters. The number of halogens is 1. The minimum atomic E-state index is -0.762. The first kappa shape index (κ1) is 19.8. The van der Waals surface area contributed by atoms with Gasteiger partial charge in [0.2, 0.25) is 5.28 Å². The van der Waals surface area contributed by atoms with Gasteiger partial charge in [0.25, 0.3) is 0 Å². The van der Waals surface area contributed by atoms with E-state index >= 15 is 0 Å². The topological polar surface area (TPSA) is 92.6 Å². The number of nitrogens with zero attached hydrogens (tertiary/aromatic N) is 3. The van der Waals surface area contributed by atoms with Crippen LogP contribution in [0.3, 0.4) is 0 Å². The van der Waals surface area contributed by atoms with Crippen LogP contribution in [0, 0.1) is 18.8 Å². The van der Waals surface area contributed by atoms with Gasteiger partial charge < -0.3 is 14.7 Å². The second-order valence-electron chi connectivity index (χ2n) is 7.14. The van der Waals surface area contributed by atoms with Gasteiger partial charge in [-0.05, 0) is 42.8 Å². The van der Waals surface area contributed by atoms with Crippen molar-refractivity contribution < 1.29 is 19.4 Å². The SMILES string of the molecule is Cc1c(C(=O)OCC(C)C)sc2nc(Cl)nc(N3CCC(C(=O)O)CC3)c12. The number of anilines is 1. The van der Waals surface area contributed by atoms with Gasteiger partial charge in [-0.1, -0.05) is 13.8 Å². The number of rotatable bonds is 5. The van der Waals surface area contributed by atoms with Crippen molar-refractivity contribution in [2.24, 2.45) is 11.8 Å². The highest BCUT2D eigenvalue weighted by Crippen LogP contribution is 2.37. The number of thiophene rings is 1. The molecule has 0 aromatic carbocycles. The molecule has 2 aromatic heterocycles. The molecule has 0 bridgehead atoms. The Kier molecular flexibility index (Phi) is 5.86. The van der Waals surface area contributed by atoms with Gasteiger partial charge in [-0.25, -0.2) is 9.78 Å². The van der Waals surface area contributed by atoms with Crippen molar-refractivity contribution in [3.63, 3.8) is 0 Å². The first-order valence-corrected chi connectivity index (χ1v) is 10.1. The van der Waals surface area contributed by atoms with E-state index in [-0.39, 0.29) is 23.1 Å². The van der Waals surface area contributed by atoms with Crippen LogP contribution in [0.15, 0.2) is 0 Å². The number of carbonyl (C=O) groups excluding carboxylic acids is 1. The number of esters is 1. The smallest absolute Gasteiger partial charge is 0.348 e. The zero-order chi connectivity index (χ0) is 19.7. The predicted octanol–water partition coefficient (Wildman–Crippen LogP) is 3.77. The van der Waals surface area contributed by atoms with E-state index in [1.165, 1.54) is 11.3 Å². The van der Waals surface area contributed by atoms with E-state index in [9.17, 15) is 14.7 Å². The molecule has 3 heterocycles. The molecular weight excluding hydrogens is 390 g/mol. The summed E-state index contributed by atoms with van der Waals surface area (Å²) in [5.74, 6) is -0.549. The Balaban J connectivity index is 1.94. The lowest BCUT2D eigenvalue weighted by Crippen LogP contribution is -2.37. The number of aryl methyl sites for hydroxylation is 1. The molecule has 1 saturated heterocycles. The number of fused-ring (bicyclic) bond motifs is 1. The third-order valence-corrected chi connectivity index (χ3v) is 5.96. The van der Waals surface area contributed by atoms with Crippen molar-refractivity contribution in [2.45, 2.75) is 33.6 Å². The van der Waals surface area contributed by atoms with Gasteiger partial charge in [0.1, 0.15) is 15.5 Å². The quantitative estimate of drug-likeness (QED) is 0.591. The van der Waals surface area contributed by atoms with Crippen LogP contribution in [0.5, 0.6) is 0 Å². The molecule has 27 heavy (non-hydrogen) atoms. The number of carboxylic acids is 1. The first-order valence-electron chi connectivity index (χ1n) is 8.89. The molecule has 0 amide bonds. The number of hydrogen-bond donors (Lipinski definition) is 1. The van der Waals surface area contributed by atoms with Crippen LogP contribution in [-0.2, 0) is 9.53 Å². The van der Waals surface area contributed by atoms with E-state index in [1.54, 1.807) is 0 Å². The Morgan fingerprint density at radius 1 is 1.33 bits per heavy atom. The van der Waals surface area contributed by atoms with E-state index in [2.05, 4.69) is 9.97 Å². The molecule has 9 heteroatoms. The van der Waals surface area contributed by atoms with Gasteiger partial charge in [0.05, 0.1) is 17.9 Å². The fraction of sp³-hybridized carbons (Fsp3) is 0.556. The third-order valence-electron chi connectivity index (χ3n) is 4.62. The lowest BCUT2D eigenvalue weighted by atomic mass is 9.97. The van der Waals surface area contributed by atoms with E-state index in [0.29, 0.717) is 48.1 Å². The number of carbonyl (C=O) groups is 2. The van der Waals surface area contributed by atoms with Crippen LogP contribution >= 0.6 is 22.9 Å². The summed E-state index contributed by atoms with van der Waals surface area (Å²) >= 11 is 7.36. The Morgan fingerprint density at radius 3 is 2.59 bits per heavy atom. The lowest BCUT2D eigenvalue weighted by molar-refractivity contribution is -0.142. The highest BCUT2D eigenvalue weighted by atomic mass is 35.5. The van der Waals surface area contributed by atoms with Gasteiger partial charge in [-0.15, -0.1) is 11.3 Å². The summed E-state index contributed by atoms with van der Waals surface area (Å²) in [4.78, 5) is 35.5. The first-order chi connectivity index (χ1) is 12.8. The summed E-state index contributed by atoms with van der Waals surface area (Å²) in [5, 5.41) is 10.1. The van der Waals surface area contributed by atoms with Crippen LogP contribution in [0.1, 0.15) is 41.9 Å². The summed E-state index contributed by atoms with van der Waals surface area (Å²) in [6.45, 7) is 7.32. The maximum absolute atomic E-state index is 12.5. The molecule has 0 spiro atoms. The van der Waals surface area contributed by atoms with Gasteiger partial charge >= 0.3 is 11.9 Å². The fourth-order valence-electron chi connectivity index (χ4n) is 3.16. The fourth-order valence-corrected chi connectivity index (χ4v) is 4.45. The molecule has 7 nitrogen and oxygen atoms in total. The van der Waals surface area contributed by atoms with E-state index in [0.717, 1.165) is 10.9 Å². The van der Waals surface area contributed by atoms with E-state index < -0.39 is 5.97 Å². The van der Waals surface area contributed by atoms with E-state index in [1.807, 2.05) is 25.7 Å². The van der Waals surface area contributed by atoms with Crippen molar-refractivity contribution in [3.8, 4) is 0 Å². The van der Waals surface area contributed by atoms with Gasteiger partial charge in [-0.3, -0.25) is 4.79 Å². The summed E-state index contributed by atoms with van der Waals surface area (Å²) in [5.41, 5.74) is 0.774. The highest BCUT2D eigenvalue weighted by Gasteiger charge is 2.29. The molecule has 0 saturated carbocycles. The zero-order valence-corrected chi connectivity index (χ0v) is 17.1. The molecule has 1 aliphatic rings. The molecule has 1 fully saturated rings. The maximum atomic E-state index is 12.5. The molecule has 0 unspecified atom stereocenters. The summed E-state index contributed by atoms with van der Waals surface area (Å²) in [6.07, 6.45) is 1.09. The van der Waals surface area contributed by atoms with Gasteiger partial charge in [0.15, 0.2) is 0 Å². The predicted molar refractivity (Wildman–Crippen MR) is 105 cm³/mol. The number of aromatic nitrogens is 2. The lowest BCUT2D eigenvalue weighted by Gasteiger charge is -2.31. The minimum Gasteiger partial charge on any atom is -0.481 e. The number of aliphatic carboxylic acids is 1. The van der Waals surface area contributed by atoms with Gasteiger partial charge in [-0.2, -0.15) is 4.98 Å².